The summed E-state index contributed by atoms with van der Waals surface area (Å²) < 4.78 is 2.02. The van der Waals surface area contributed by atoms with Crippen molar-refractivity contribution in [3.8, 4) is 0 Å². The predicted octanol–water partition coefficient (Wildman–Crippen LogP) is 3.94. The van der Waals surface area contributed by atoms with Gasteiger partial charge in [0.15, 0.2) is 5.84 Å². The van der Waals surface area contributed by atoms with Gasteiger partial charge >= 0.3 is 0 Å². The van der Waals surface area contributed by atoms with E-state index < -0.39 is 0 Å². The molecule has 6 N–H and O–H groups in total. The second-order valence-corrected chi connectivity index (χ2v) is 9.10. The van der Waals surface area contributed by atoms with Crippen LogP contribution in [0.1, 0.15) is 47.3 Å². The highest BCUT2D eigenvalue weighted by molar-refractivity contribution is 6.03. The molecule has 34 heavy (non-hydrogen) atoms. The minimum absolute atomic E-state index is 0.0318. The molecule has 0 spiro atoms. The summed E-state index contributed by atoms with van der Waals surface area (Å²) in [7, 11) is 0. The molecule has 7 heteroatoms. The number of nitrogens with two attached hydrogens (primary N) is 2. The summed E-state index contributed by atoms with van der Waals surface area (Å²) in [6.45, 7) is 0.517. The van der Waals surface area contributed by atoms with Gasteiger partial charge in [0, 0.05) is 35.1 Å². The van der Waals surface area contributed by atoms with Gasteiger partial charge in [0.2, 0.25) is 0 Å². The number of amidine groups is 1. The third-order valence-electron chi connectivity index (χ3n) is 6.86. The number of hydrogen-bond acceptors (Lipinski definition) is 4. The van der Waals surface area contributed by atoms with Gasteiger partial charge in [-0.3, -0.25) is 4.79 Å². The summed E-state index contributed by atoms with van der Waals surface area (Å²) in [4.78, 5) is 13.5. The molecule has 0 bridgehead atoms. The third kappa shape index (κ3) is 4.22. The van der Waals surface area contributed by atoms with Crippen LogP contribution in [0.25, 0.3) is 21.7 Å². The molecule has 0 saturated heterocycles. The van der Waals surface area contributed by atoms with Crippen LogP contribution < -0.4 is 16.8 Å². The van der Waals surface area contributed by atoms with E-state index in [4.69, 9.17) is 16.7 Å². The van der Waals surface area contributed by atoms with E-state index in [1.165, 1.54) is 0 Å². The normalized spacial score (nSPS) is 18.9. The van der Waals surface area contributed by atoms with Crippen LogP contribution in [0.4, 0.5) is 0 Å². The lowest BCUT2D eigenvalue weighted by Crippen LogP contribution is -2.41. The Morgan fingerprint density at radius 2 is 1.76 bits per heavy atom. The Morgan fingerprint density at radius 3 is 2.56 bits per heavy atom. The summed E-state index contributed by atoms with van der Waals surface area (Å²) in [6, 6.07) is 22.3. The van der Waals surface area contributed by atoms with E-state index in [2.05, 4.69) is 34.7 Å². The Balaban J connectivity index is 1.58. The molecular weight excluding hydrogens is 426 g/mol. The third-order valence-corrected chi connectivity index (χ3v) is 6.86. The number of oxime groups is 1. The smallest absolute Gasteiger partial charge is 0.268 e. The molecule has 0 radical (unpaired) electrons. The van der Waals surface area contributed by atoms with Crippen LogP contribution in [0.2, 0.25) is 0 Å². The average molecular weight is 456 g/mol. The largest absolute Gasteiger partial charge is 0.409 e. The van der Waals surface area contributed by atoms with Crippen LogP contribution in [0, 0.1) is 0 Å². The second kappa shape index (κ2) is 9.19. The van der Waals surface area contributed by atoms with Crippen LogP contribution in [-0.4, -0.2) is 33.6 Å². The van der Waals surface area contributed by atoms with Crippen molar-refractivity contribution < 1.29 is 10.0 Å². The van der Waals surface area contributed by atoms with E-state index >= 15 is 0 Å². The topological polar surface area (TPSA) is 119 Å². The van der Waals surface area contributed by atoms with Crippen molar-refractivity contribution in [2.75, 3.05) is 0 Å². The molecule has 1 amide bonds. The van der Waals surface area contributed by atoms with Crippen molar-refractivity contribution in [1.29, 1.82) is 0 Å². The second-order valence-electron chi connectivity index (χ2n) is 9.10. The lowest BCUT2D eigenvalue weighted by molar-refractivity contribution is 0.0917. The number of nitrogens with one attached hydrogen (secondary N) is 1. The van der Waals surface area contributed by atoms with E-state index in [0.717, 1.165) is 52.9 Å². The molecule has 3 aromatic carbocycles. The Bertz CT molecular complexity index is 1380. The van der Waals surface area contributed by atoms with Gasteiger partial charge in [-0.05, 0) is 54.2 Å². The van der Waals surface area contributed by atoms with E-state index in [1.54, 1.807) is 6.07 Å². The Morgan fingerprint density at radius 1 is 1.00 bits per heavy atom. The van der Waals surface area contributed by atoms with E-state index in [9.17, 15) is 4.79 Å². The number of hydrogen-bond donors (Lipinski definition) is 4. The summed E-state index contributed by atoms with van der Waals surface area (Å²) >= 11 is 0. The molecule has 1 aromatic heterocycles. The Hall–Kier alpha value is -3.84. The molecule has 1 saturated carbocycles. The average Bonchev–Trinajstić information content (AvgIpc) is 3.23. The number of benzene rings is 3. The molecule has 1 aliphatic carbocycles. The van der Waals surface area contributed by atoms with E-state index in [0.29, 0.717) is 17.8 Å². The van der Waals surface area contributed by atoms with Crippen molar-refractivity contribution in [3.63, 3.8) is 0 Å². The standard InChI is InChI=1S/C27H29N5O2/c28-21-10-12-22(13-11-21)30-27(33)25-14-18-8-9-19(26(29)31-34)15-24(18)32(25)16-20-6-3-5-17-4-1-2-7-23(17)20/h1-9,14-15,21-22,34H,10-13,16,28H2,(H2,29,31)(H,30,33). The van der Waals surface area contributed by atoms with Gasteiger partial charge in [-0.2, -0.15) is 0 Å². The highest BCUT2D eigenvalue weighted by Crippen LogP contribution is 2.27. The lowest BCUT2D eigenvalue weighted by Gasteiger charge is -2.27. The molecular formula is C27H29N5O2. The minimum Gasteiger partial charge on any atom is -0.409 e. The van der Waals surface area contributed by atoms with Gasteiger partial charge in [-0.25, -0.2) is 0 Å². The quantitative estimate of drug-likeness (QED) is 0.158. The van der Waals surface area contributed by atoms with Crippen LogP contribution in [-0.2, 0) is 6.54 Å². The minimum atomic E-state index is -0.0951. The van der Waals surface area contributed by atoms with Crippen molar-refractivity contribution in [2.24, 2.45) is 16.6 Å². The zero-order chi connectivity index (χ0) is 23.7. The molecule has 0 atom stereocenters. The molecule has 0 aliphatic heterocycles. The van der Waals surface area contributed by atoms with Crippen LogP contribution >= 0.6 is 0 Å². The predicted molar refractivity (Wildman–Crippen MR) is 135 cm³/mol. The highest BCUT2D eigenvalue weighted by atomic mass is 16.4. The molecule has 7 nitrogen and oxygen atoms in total. The first-order valence-corrected chi connectivity index (χ1v) is 11.7. The summed E-state index contributed by atoms with van der Waals surface area (Å²) in [5.74, 6) is -0.0633. The van der Waals surface area contributed by atoms with Crippen molar-refractivity contribution >= 4 is 33.4 Å². The number of carbonyl (C=O) groups excluding carboxylic acids is 1. The maximum Gasteiger partial charge on any atom is 0.268 e. The summed E-state index contributed by atoms with van der Waals surface area (Å²) in [5, 5.41) is 18.7. The first-order chi connectivity index (χ1) is 16.5. The number of amides is 1. The number of carbonyl (C=O) groups is 1. The number of rotatable bonds is 5. The molecule has 1 aliphatic rings. The van der Waals surface area contributed by atoms with E-state index in [-0.39, 0.29) is 23.8 Å². The van der Waals surface area contributed by atoms with Crippen LogP contribution in [0.5, 0.6) is 0 Å². The van der Waals surface area contributed by atoms with Gasteiger partial charge in [0.1, 0.15) is 5.69 Å². The van der Waals surface area contributed by atoms with Crippen molar-refractivity contribution in [3.05, 3.63) is 83.6 Å². The van der Waals surface area contributed by atoms with Gasteiger partial charge in [0.05, 0.1) is 0 Å². The van der Waals surface area contributed by atoms with Gasteiger partial charge in [-0.1, -0.05) is 59.8 Å². The fraction of sp³-hybridized carbons (Fsp3) is 0.259. The zero-order valence-electron chi connectivity index (χ0n) is 18.9. The van der Waals surface area contributed by atoms with Gasteiger partial charge in [0.25, 0.3) is 5.91 Å². The van der Waals surface area contributed by atoms with Crippen LogP contribution in [0.15, 0.2) is 71.9 Å². The summed E-state index contributed by atoms with van der Waals surface area (Å²) in [6.07, 6.45) is 3.63. The monoisotopic (exact) mass is 455 g/mol. The molecule has 1 fully saturated rings. The summed E-state index contributed by atoms with van der Waals surface area (Å²) in [5.41, 5.74) is 15.1. The number of nitrogens with zero attached hydrogens (tertiary/aromatic N) is 2. The molecule has 1 heterocycles. The maximum absolute atomic E-state index is 13.5. The Labute approximate surface area is 198 Å². The van der Waals surface area contributed by atoms with Gasteiger partial charge < -0.3 is 26.6 Å². The van der Waals surface area contributed by atoms with Crippen molar-refractivity contribution in [2.45, 2.75) is 44.3 Å². The molecule has 5 rings (SSSR count). The molecule has 0 unspecified atom stereocenters. The molecule has 174 valence electrons. The first kappa shape index (κ1) is 22.0. The number of aromatic nitrogens is 1. The maximum atomic E-state index is 13.5. The van der Waals surface area contributed by atoms with Gasteiger partial charge in [-0.15, -0.1) is 0 Å². The van der Waals surface area contributed by atoms with E-state index in [1.807, 2.05) is 41.0 Å². The Kier molecular flexibility index (Phi) is 5.94. The lowest BCUT2D eigenvalue weighted by atomic mass is 9.92. The zero-order valence-corrected chi connectivity index (χ0v) is 18.9. The first-order valence-electron chi connectivity index (χ1n) is 11.7. The fourth-order valence-corrected chi connectivity index (χ4v) is 4.95. The van der Waals surface area contributed by atoms with Crippen LogP contribution in [0.3, 0.4) is 0 Å². The highest BCUT2D eigenvalue weighted by Gasteiger charge is 2.23. The fourth-order valence-electron chi connectivity index (χ4n) is 4.95. The molecule has 4 aromatic rings. The number of fused-ring (bicyclic) bond motifs is 2. The SMILES string of the molecule is N/C(=N/O)c1ccc2cc(C(=O)NC3CCC(N)CC3)n(Cc3cccc4ccccc34)c2c1. The van der Waals surface area contributed by atoms with Crippen molar-refractivity contribution in [1.82, 2.24) is 9.88 Å².